The highest BCUT2D eigenvalue weighted by Gasteiger charge is 2.31. The summed E-state index contributed by atoms with van der Waals surface area (Å²) < 4.78 is 30.5. The maximum absolute atomic E-state index is 11.7. The highest BCUT2D eigenvalue weighted by molar-refractivity contribution is 8.05. The van der Waals surface area contributed by atoms with Crippen LogP contribution in [0.1, 0.15) is 66.2 Å². The van der Waals surface area contributed by atoms with Crippen LogP contribution < -0.4 is 0 Å². The summed E-state index contributed by atoms with van der Waals surface area (Å²) in [6.07, 6.45) is 5.96. The van der Waals surface area contributed by atoms with Crippen molar-refractivity contribution in [2.75, 3.05) is 34.5 Å². The first kappa shape index (κ1) is 25.3. The molecular weight excluding hydrogens is 376 g/mol. The molecular formula is C18H36O4S3. The first-order valence-corrected chi connectivity index (χ1v) is 13.7. The van der Waals surface area contributed by atoms with Crippen molar-refractivity contribution in [1.82, 2.24) is 0 Å². The van der Waals surface area contributed by atoms with E-state index in [1.807, 2.05) is 32.5 Å². The van der Waals surface area contributed by atoms with Gasteiger partial charge >= 0.3 is 0 Å². The fraction of sp³-hybridized carbons (Fsp3) is 0.944. The number of carbonyl (C=O) groups is 1. The highest BCUT2D eigenvalue weighted by atomic mass is 32.2. The molecule has 4 nitrogen and oxygen atoms in total. The van der Waals surface area contributed by atoms with E-state index in [1.165, 1.54) is 35.9 Å². The number of hydrogen-bond acceptors (Lipinski definition) is 5. The molecule has 1 fully saturated rings. The van der Waals surface area contributed by atoms with Gasteiger partial charge in [0.1, 0.15) is 11.5 Å². The molecule has 0 aromatic heterocycles. The molecule has 0 aromatic rings. The van der Waals surface area contributed by atoms with Gasteiger partial charge in [0.2, 0.25) is 0 Å². The second-order valence-electron chi connectivity index (χ2n) is 7.48. The molecule has 0 unspecified atom stereocenters. The third-order valence-corrected chi connectivity index (χ3v) is 8.48. The van der Waals surface area contributed by atoms with Crippen LogP contribution in [-0.2, 0) is 25.8 Å². The van der Waals surface area contributed by atoms with Gasteiger partial charge in [0.15, 0.2) is 11.5 Å². The largest absolute Gasteiger partial charge is 0.748 e. The summed E-state index contributed by atoms with van der Waals surface area (Å²) in [5.74, 6) is 6.16. The number of hydrogen-bond donors (Lipinski definition) is 0. The fourth-order valence-electron chi connectivity index (χ4n) is 2.16. The second-order valence-corrected chi connectivity index (χ2v) is 12.6. The molecule has 0 amide bonds. The summed E-state index contributed by atoms with van der Waals surface area (Å²) >= 11 is 2.03. The lowest BCUT2D eigenvalue weighted by molar-refractivity contribution is -0.123. The molecule has 0 bridgehead atoms. The molecule has 0 radical (unpaired) electrons. The van der Waals surface area contributed by atoms with E-state index < -0.39 is 10.1 Å². The van der Waals surface area contributed by atoms with E-state index in [9.17, 15) is 17.8 Å². The highest BCUT2D eigenvalue weighted by Crippen LogP contribution is 2.19. The van der Waals surface area contributed by atoms with Gasteiger partial charge < -0.3 is 4.55 Å². The Labute approximate surface area is 162 Å². The van der Waals surface area contributed by atoms with Crippen molar-refractivity contribution in [3.63, 3.8) is 0 Å². The molecule has 1 rings (SSSR count). The SMILES string of the molecule is CC(C)(C)C(=O)C[S+]1CCSCC1.CCCCCCCCS(=O)(=O)[O-]. The minimum absolute atomic E-state index is 0.127. The van der Waals surface area contributed by atoms with Crippen molar-refractivity contribution in [3.05, 3.63) is 0 Å². The Morgan fingerprint density at radius 1 is 1.04 bits per heavy atom. The second kappa shape index (κ2) is 13.4. The van der Waals surface area contributed by atoms with E-state index >= 15 is 0 Å². The van der Waals surface area contributed by atoms with Gasteiger partial charge in [-0.15, -0.1) is 0 Å². The molecule has 0 aliphatic carbocycles. The van der Waals surface area contributed by atoms with Crippen LogP contribution in [0, 0.1) is 5.41 Å². The molecule has 1 saturated heterocycles. The van der Waals surface area contributed by atoms with Gasteiger partial charge in [0, 0.05) is 22.7 Å². The molecule has 0 saturated carbocycles. The minimum atomic E-state index is -3.97. The number of ketones is 1. The normalized spacial score (nSPS) is 16.2. The first-order valence-electron chi connectivity index (χ1n) is 9.25. The van der Waals surface area contributed by atoms with Crippen molar-refractivity contribution in [2.45, 2.75) is 66.2 Å². The van der Waals surface area contributed by atoms with Crippen LogP contribution in [0.4, 0.5) is 0 Å². The zero-order chi connectivity index (χ0) is 19.3. The van der Waals surface area contributed by atoms with Gasteiger partial charge in [-0.2, -0.15) is 11.8 Å². The van der Waals surface area contributed by atoms with Gasteiger partial charge in [-0.25, -0.2) is 8.42 Å². The average Bonchev–Trinajstić information content (AvgIpc) is 2.50. The number of Topliss-reactive ketones (excluding diaryl/α,β-unsaturated/α-hetero) is 1. The van der Waals surface area contributed by atoms with Gasteiger partial charge in [0.25, 0.3) is 0 Å². The number of thioether (sulfide) groups is 1. The van der Waals surface area contributed by atoms with E-state index in [2.05, 4.69) is 6.92 Å². The topological polar surface area (TPSA) is 74.3 Å². The van der Waals surface area contributed by atoms with E-state index in [0.717, 1.165) is 25.0 Å². The summed E-state index contributed by atoms with van der Waals surface area (Å²) in [5, 5.41) is 0. The maximum Gasteiger partial charge on any atom is 0.187 e. The first-order chi connectivity index (χ1) is 11.6. The number of carbonyl (C=O) groups excluding carboxylic acids is 1. The molecule has 1 aliphatic heterocycles. The van der Waals surface area contributed by atoms with E-state index in [-0.39, 0.29) is 11.2 Å². The van der Waals surface area contributed by atoms with Crippen LogP contribution in [0.3, 0.4) is 0 Å². The molecule has 0 N–H and O–H groups in total. The summed E-state index contributed by atoms with van der Waals surface area (Å²) in [7, 11) is -3.56. The Hall–Kier alpha value is 0.280. The molecule has 7 heteroatoms. The molecule has 25 heavy (non-hydrogen) atoms. The number of unbranched alkanes of at least 4 members (excludes halogenated alkanes) is 5. The Morgan fingerprint density at radius 3 is 2.04 bits per heavy atom. The van der Waals surface area contributed by atoms with Gasteiger partial charge in [0.05, 0.1) is 10.1 Å². The van der Waals surface area contributed by atoms with Crippen molar-refractivity contribution in [1.29, 1.82) is 0 Å². The van der Waals surface area contributed by atoms with Gasteiger partial charge in [-0.3, -0.25) is 4.79 Å². The minimum Gasteiger partial charge on any atom is -0.748 e. The summed E-state index contributed by atoms with van der Waals surface area (Å²) in [5.41, 5.74) is -0.127. The fourth-order valence-corrected chi connectivity index (χ4v) is 7.05. The molecule has 0 spiro atoms. The summed E-state index contributed by atoms with van der Waals surface area (Å²) in [6.45, 7) is 8.20. The zero-order valence-electron chi connectivity index (χ0n) is 16.3. The van der Waals surface area contributed by atoms with Crippen LogP contribution in [0.5, 0.6) is 0 Å². The van der Waals surface area contributed by atoms with Gasteiger partial charge in [-0.05, 0) is 17.3 Å². The molecule has 0 aromatic carbocycles. The summed E-state index contributed by atoms with van der Waals surface area (Å²) in [4.78, 5) is 11.7. The third kappa shape index (κ3) is 16.2. The molecule has 1 heterocycles. The van der Waals surface area contributed by atoms with Crippen LogP contribution >= 0.6 is 11.8 Å². The predicted octanol–water partition coefficient (Wildman–Crippen LogP) is 3.86. The van der Waals surface area contributed by atoms with Crippen molar-refractivity contribution >= 4 is 38.6 Å². The third-order valence-electron chi connectivity index (χ3n) is 3.95. The van der Waals surface area contributed by atoms with Crippen molar-refractivity contribution in [2.24, 2.45) is 5.41 Å². The number of rotatable bonds is 9. The van der Waals surface area contributed by atoms with E-state index in [1.54, 1.807) is 0 Å². The average molecular weight is 413 g/mol. The van der Waals surface area contributed by atoms with Crippen LogP contribution in [-0.4, -0.2) is 53.3 Å². The zero-order valence-corrected chi connectivity index (χ0v) is 18.8. The van der Waals surface area contributed by atoms with Gasteiger partial charge in [-0.1, -0.05) is 59.8 Å². The van der Waals surface area contributed by atoms with Crippen LogP contribution in [0.2, 0.25) is 0 Å². The quantitative estimate of drug-likeness (QED) is 0.326. The monoisotopic (exact) mass is 412 g/mol. The Bertz CT molecular complexity index is 449. The van der Waals surface area contributed by atoms with E-state index in [0.29, 0.717) is 23.1 Å². The lowest BCUT2D eigenvalue weighted by Gasteiger charge is -2.18. The van der Waals surface area contributed by atoms with Crippen LogP contribution in [0.15, 0.2) is 0 Å². The molecule has 1 aliphatic rings. The Morgan fingerprint density at radius 2 is 1.56 bits per heavy atom. The Kier molecular flexibility index (Phi) is 13.6. The van der Waals surface area contributed by atoms with E-state index in [4.69, 9.17) is 0 Å². The maximum atomic E-state index is 11.7. The Balaban J connectivity index is 0.000000463. The molecule has 150 valence electrons. The smallest absolute Gasteiger partial charge is 0.187 e. The van der Waals surface area contributed by atoms with Crippen LogP contribution in [0.25, 0.3) is 0 Å². The van der Waals surface area contributed by atoms with Crippen molar-refractivity contribution in [3.8, 4) is 0 Å². The van der Waals surface area contributed by atoms with Crippen molar-refractivity contribution < 1.29 is 17.8 Å². The molecule has 0 atom stereocenters. The predicted molar refractivity (Wildman–Crippen MR) is 112 cm³/mol. The standard InChI is InChI=1S/C10H19OS2.C8H18O3S/c1-10(2,3)9(11)8-13-6-4-12-5-7-13;1-2-3-4-5-6-7-8-12(9,10)11/h4-8H2,1-3H3;2-8H2,1H3,(H,9,10,11)/q+1;/p-1. The lowest BCUT2D eigenvalue weighted by atomic mass is 9.92. The summed E-state index contributed by atoms with van der Waals surface area (Å²) in [6, 6.07) is 0. The lowest BCUT2D eigenvalue weighted by Crippen LogP contribution is -2.33.